The van der Waals surface area contributed by atoms with Crippen LogP contribution in [0.25, 0.3) is 0 Å². The molecule has 4 aliphatic carbocycles. The minimum atomic E-state index is -0.307. The molecule has 0 aromatic heterocycles. The summed E-state index contributed by atoms with van der Waals surface area (Å²) in [6.07, 6.45) is 8.59. The molecule has 32 heavy (non-hydrogen) atoms. The summed E-state index contributed by atoms with van der Waals surface area (Å²) in [5, 5.41) is 23.0. The molecule has 4 saturated carbocycles. The van der Waals surface area contributed by atoms with Crippen molar-refractivity contribution in [3.8, 4) is 0 Å². The van der Waals surface area contributed by atoms with Gasteiger partial charge in [-0.15, -0.1) is 0 Å². The molecule has 2 radical (unpaired) electrons. The molecule has 178 valence electrons. The van der Waals surface area contributed by atoms with Crippen molar-refractivity contribution in [1.29, 1.82) is 0 Å². The first-order valence-corrected chi connectivity index (χ1v) is 12.5. The van der Waals surface area contributed by atoms with Crippen molar-refractivity contribution in [3.05, 3.63) is 0 Å². The predicted molar refractivity (Wildman–Crippen MR) is 118 cm³/mol. The fraction of sp³-hybridized carbons (Fsp3) is 0.962. The van der Waals surface area contributed by atoms with Gasteiger partial charge in [0.05, 0.1) is 18.3 Å². The number of hydrogen-bond donors (Lipinski definition) is 2. The zero-order valence-corrected chi connectivity index (χ0v) is 26.6. The third kappa shape index (κ3) is 4.97. The van der Waals surface area contributed by atoms with E-state index in [1.807, 2.05) is 7.11 Å². The Morgan fingerprint density at radius 2 is 1.75 bits per heavy atom. The number of carbonyl (C=O) groups is 1. The van der Waals surface area contributed by atoms with Gasteiger partial charge in [0, 0.05) is 78.9 Å². The Hall–Kier alpha value is 1.76. The van der Waals surface area contributed by atoms with E-state index >= 15 is 0 Å². The van der Waals surface area contributed by atoms with Crippen LogP contribution >= 0.6 is 0 Å². The number of Topliss-reactive ketones (excluding diaryl/α,β-unsaturated/α-hetero) is 1. The number of fused-ring (bicyclic) bond motifs is 5. The quantitative estimate of drug-likeness (QED) is 0.486. The maximum Gasteiger partial charge on any atom is 0.129 e. The Bertz CT molecular complexity index is 660. The first-order chi connectivity index (χ1) is 14.1. The largest absolute Gasteiger partial charge is 0.393 e. The van der Waals surface area contributed by atoms with E-state index in [4.69, 9.17) is 4.74 Å². The van der Waals surface area contributed by atoms with Crippen LogP contribution in [-0.2, 0) is 74.9 Å². The van der Waals surface area contributed by atoms with Crippen LogP contribution < -0.4 is 0 Å². The molecular formula is C26H44O4Y2. The number of ether oxygens (including phenoxy) is 1. The Morgan fingerprint density at radius 1 is 1.06 bits per heavy atom. The first-order valence-electron chi connectivity index (χ1n) is 12.5. The fourth-order valence-corrected chi connectivity index (χ4v) is 8.96. The van der Waals surface area contributed by atoms with E-state index in [0.717, 1.165) is 51.4 Å². The van der Waals surface area contributed by atoms with Crippen LogP contribution in [0.1, 0.15) is 85.5 Å². The molecule has 4 fully saturated rings. The fourth-order valence-electron chi connectivity index (χ4n) is 8.96. The van der Waals surface area contributed by atoms with E-state index in [0.29, 0.717) is 48.0 Å². The average Bonchev–Trinajstić information content (AvgIpc) is 3.05. The number of methoxy groups -OCH3 is 1. The number of aliphatic hydroxyl groups excluding tert-OH is 2. The van der Waals surface area contributed by atoms with Gasteiger partial charge >= 0.3 is 0 Å². The molecule has 11 atom stereocenters. The molecule has 0 amide bonds. The third-order valence-electron chi connectivity index (χ3n) is 10.8. The summed E-state index contributed by atoms with van der Waals surface area (Å²) < 4.78 is 5.69. The van der Waals surface area contributed by atoms with Gasteiger partial charge in [0.1, 0.15) is 5.78 Å². The Balaban J connectivity index is 0.00000181. The summed E-state index contributed by atoms with van der Waals surface area (Å²) >= 11 is 0. The average molecular weight is 598 g/mol. The van der Waals surface area contributed by atoms with Gasteiger partial charge in [-0.05, 0) is 105 Å². The molecule has 4 nitrogen and oxygen atoms in total. The number of aliphatic hydroxyl groups is 2. The molecule has 0 aromatic carbocycles. The molecular weight excluding hydrogens is 554 g/mol. The minimum absolute atomic E-state index is 0. The van der Waals surface area contributed by atoms with Crippen molar-refractivity contribution in [2.45, 2.75) is 104 Å². The second-order valence-electron chi connectivity index (χ2n) is 11.9. The number of hydrogen-bond acceptors (Lipinski definition) is 4. The minimum Gasteiger partial charge on any atom is -0.393 e. The van der Waals surface area contributed by atoms with Crippen LogP contribution in [0, 0.1) is 46.3 Å². The van der Waals surface area contributed by atoms with Crippen LogP contribution in [0.5, 0.6) is 0 Å². The maximum absolute atomic E-state index is 11.6. The Morgan fingerprint density at radius 3 is 2.38 bits per heavy atom. The summed E-state index contributed by atoms with van der Waals surface area (Å²) in [6, 6.07) is 0. The van der Waals surface area contributed by atoms with Gasteiger partial charge < -0.3 is 19.7 Å². The van der Waals surface area contributed by atoms with Crippen molar-refractivity contribution < 1.29 is 85.2 Å². The maximum atomic E-state index is 11.6. The smallest absolute Gasteiger partial charge is 0.129 e. The predicted octanol–water partition coefficient (Wildman–Crippen LogP) is 4.60. The van der Waals surface area contributed by atoms with Crippen molar-refractivity contribution in [1.82, 2.24) is 0 Å². The number of carbonyl (C=O) groups excluding carboxylic acids is 1. The molecule has 0 saturated heterocycles. The first kappa shape index (κ1) is 30.0. The topological polar surface area (TPSA) is 66.8 Å². The van der Waals surface area contributed by atoms with Crippen molar-refractivity contribution in [3.63, 3.8) is 0 Å². The van der Waals surface area contributed by atoms with Gasteiger partial charge in [-0.2, -0.15) is 0 Å². The Kier molecular flexibility index (Phi) is 10.7. The van der Waals surface area contributed by atoms with Gasteiger partial charge in [0.15, 0.2) is 0 Å². The van der Waals surface area contributed by atoms with Crippen LogP contribution in [0.15, 0.2) is 0 Å². The molecule has 0 heterocycles. The molecule has 7 unspecified atom stereocenters. The second-order valence-corrected chi connectivity index (χ2v) is 11.9. The van der Waals surface area contributed by atoms with Crippen molar-refractivity contribution >= 4 is 5.78 Å². The summed E-state index contributed by atoms with van der Waals surface area (Å²) in [7, 11) is 1.82. The van der Waals surface area contributed by atoms with E-state index in [2.05, 4.69) is 20.8 Å². The summed E-state index contributed by atoms with van der Waals surface area (Å²) in [5.74, 6) is 2.75. The standard InChI is InChI=1S/C26H44O4.2Y/c1-15(6-7-16(2)27)19-8-9-20-24-21(14-23(29)26(19,20)4)25(3)11-10-18(30-5)12-17(25)13-22(24)28;;/h15,17-24,28-29H,6-14H2,1-5H3;;/t15-,17?,18?,19-,20?,21?,22?,23?,24?,25+,26-;;/m1../s1. The van der Waals surface area contributed by atoms with E-state index < -0.39 is 0 Å². The molecule has 0 aromatic rings. The molecule has 4 rings (SSSR count). The van der Waals surface area contributed by atoms with Crippen LogP contribution in [0.3, 0.4) is 0 Å². The Labute approximate surface area is 245 Å². The summed E-state index contributed by atoms with van der Waals surface area (Å²) in [4.78, 5) is 11.5. The summed E-state index contributed by atoms with van der Waals surface area (Å²) in [6.45, 7) is 8.72. The van der Waals surface area contributed by atoms with E-state index in [1.54, 1.807) is 6.92 Å². The molecule has 0 bridgehead atoms. The van der Waals surface area contributed by atoms with Gasteiger partial charge in [-0.25, -0.2) is 0 Å². The SMILES string of the molecule is COC1CC[C@@]2(C)C(C1)CC(O)C1C2CC(O)[C@@]2(C)C1CC[C@@H]2[C@H](C)CCC(C)=O.[Y].[Y]. The number of rotatable bonds is 5. The number of ketones is 1. The molecule has 0 aliphatic heterocycles. The third-order valence-corrected chi connectivity index (χ3v) is 10.8. The van der Waals surface area contributed by atoms with Crippen molar-refractivity contribution in [2.24, 2.45) is 46.3 Å². The molecule has 2 N–H and O–H groups in total. The zero-order valence-electron chi connectivity index (χ0n) is 20.9. The monoisotopic (exact) mass is 598 g/mol. The molecule has 6 heteroatoms. The second kappa shape index (κ2) is 11.4. The van der Waals surface area contributed by atoms with Crippen LogP contribution in [0.2, 0.25) is 0 Å². The van der Waals surface area contributed by atoms with Gasteiger partial charge in [-0.1, -0.05) is 20.8 Å². The zero-order chi connectivity index (χ0) is 21.8. The normalized spacial score (nSPS) is 48.3. The molecule has 4 aliphatic rings. The van der Waals surface area contributed by atoms with Crippen LogP contribution in [-0.4, -0.2) is 41.4 Å². The van der Waals surface area contributed by atoms with Gasteiger partial charge in [0.2, 0.25) is 0 Å². The van der Waals surface area contributed by atoms with Gasteiger partial charge in [-0.3, -0.25) is 0 Å². The van der Waals surface area contributed by atoms with Crippen molar-refractivity contribution in [2.75, 3.05) is 7.11 Å². The molecule has 0 spiro atoms. The van der Waals surface area contributed by atoms with E-state index in [1.165, 1.54) is 0 Å². The van der Waals surface area contributed by atoms with Crippen LogP contribution in [0.4, 0.5) is 0 Å². The van der Waals surface area contributed by atoms with E-state index in [9.17, 15) is 15.0 Å². The van der Waals surface area contributed by atoms with Gasteiger partial charge in [0.25, 0.3) is 0 Å². The summed E-state index contributed by atoms with van der Waals surface area (Å²) in [5.41, 5.74) is 0.0743. The van der Waals surface area contributed by atoms with E-state index in [-0.39, 0.29) is 94.2 Å².